The molecule has 1 saturated heterocycles. The first kappa shape index (κ1) is 21.7. The molecule has 0 radical (unpaired) electrons. The molecule has 7 heteroatoms. The number of esters is 2. The standard InChI is InChI=1S/C25H27NO6/c1-5-29-19-12-11-15(13-20(19)30-6-2)21(17-14-26-18-10-8-7-9-16(17)18)22-23(27)31-25(3,4)32-24(22)28/h7-14,21-22,26H,5-6H2,1-4H3/t21-/m0/s1. The number of nitrogens with one attached hydrogen (secondary N) is 1. The molecule has 0 saturated carbocycles. The molecule has 0 spiro atoms. The van der Waals surface area contributed by atoms with Crippen LogP contribution in [0.3, 0.4) is 0 Å². The number of fused-ring (bicyclic) bond motifs is 1. The number of benzene rings is 2. The summed E-state index contributed by atoms with van der Waals surface area (Å²) < 4.78 is 22.4. The van der Waals surface area contributed by atoms with E-state index in [0.29, 0.717) is 24.7 Å². The Hall–Kier alpha value is -3.48. The number of aromatic nitrogens is 1. The van der Waals surface area contributed by atoms with Crippen molar-refractivity contribution in [3.63, 3.8) is 0 Å². The van der Waals surface area contributed by atoms with Crippen molar-refractivity contribution in [3.8, 4) is 11.5 Å². The van der Waals surface area contributed by atoms with Gasteiger partial charge < -0.3 is 23.9 Å². The number of rotatable bonds is 7. The van der Waals surface area contributed by atoms with E-state index in [1.165, 1.54) is 0 Å². The number of cyclic esters (lactones) is 2. The van der Waals surface area contributed by atoms with Crippen LogP contribution in [0.1, 0.15) is 44.7 Å². The molecule has 0 amide bonds. The molecule has 168 valence electrons. The van der Waals surface area contributed by atoms with Gasteiger partial charge in [-0.25, -0.2) is 0 Å². The summed E-state index contributed by atoms with van der Waals surface area (Å²) in [5.74, 6) is -3.18. The maximum Gasteiger partial charge on any atom is 0.324 e. The predicted octanol–water partition coefficient (Wildman–Crippen LogP) is 4.55. The van der Waals surface area contributed by atoms with Crippen molar-refractivity contribution in [2.24, 2.45) is 5.92 Å². The van der Waals surface area contributed by atoms with E-state index in [0.717, 1.165) is 22.0 Å². The number of ether oxygens (including phenoxy) is 4. The molecule has 1 N–H and O–H groups in total. The third kappa shape index (κ3) is 4.02. The average Bonchev–Trinajstić information content (AvgIpc) is 3.15. The Kier molecular flexibility index (Phi) is 5.82. The Labute approximate surface area is 186 Å². The van der Waals surface area contributed by atoms with Gasteiger partial charge in [0.05, 0.1) is 13.2 Å². The summed E-state index contributed by atoms with van der Waals surface area (Å²) >= 11 is 0. The van der Waals surface area contributed by atoms with Gasteiger partial charge >= 0.3 is 11.9 Å². The summed E-state index contributed by atoms with van der Waals surface area (Å²) in [6.45, 7) is 7.81. The highest BCUT2D eigenvalue weighted by molar-refractivity contribution is 5.99. The minimum Gasteiger partial charge on any atom is -0.490 e. The second kappa shape index (κ2) is 8.57. The molecule has 3 aromatic rings. The van der Waals surface area contributed by atoms with Gasteiger partial charge in [0.1, 0.15) is 0 Å². The summed E-state index contributed by atoms with van der Waals surface area (Å²) in [6, 6.07) is 13.2. The molecule has 1 fully saturated rings. The van der Waals surface area contributed by atoms with Gasteiger partial charge in [-0.2, -0.15) is 0 Å². The fourth-order valence-electron chi connectivity index (χ4n) is 4.16. The first-order valence-electron chi connectivity index (χ1n) is 10.8. The normalized spacial score (nSPS) is 17.0. The highest BCUT2D eigenvalue weighted by Crippen LogP contribution is 2.43. The smallest absolute Gasteiger partial charge is 0.324 e. The van der Waals surface area contributed by atoms with Crippen LogP contribution in [0.2, 0.25) is 0 Å². The van der Waals surface area contributed by atoms with E-state index in [1.807, 2.05) is 56.4 Å². The van der Waals surface area contributed by atoms with E-state index in [2.05, 4.69) is 4.98 Å². The van der Waals surface area contributed by atoms with Gasteiger partial charge in [-0.3, -0.25) is 9.59 Å². The summed E-state index contributed by atoms with van der Waals surface area (Å²) in [5, 5.41) is 0.912. The molecule has 2 aromatic carbocycles. The van der Waals surface area contributed by atoms with Gasteiger partial charge in [0.15, 0.2) is 17.4 Å². The van der Waals surface area contributed by atoms with E-state index in [9.17, 15) is 9.59 Å². The second-order valence-electron chi connectivity index (χ2n) is 8.06. The lowest BCUT2D eigenvalue weighted by Gasteiger charge is -2.36. The third-order valence-corrected chi connectivity index (χ3v) is 5.42. The number of para-hydroxylation sites is 1. The van der Waals surface area contributed by atoms with Crippen molar-refractivity contribution in [3.05, 3.63) is 59.8 Å². The maximum atomic E-state index is 13.1. The van der Waals surface area contributed by atoms with Crippen LogP contribution in [0.5, 0.6) is 11.5 Å². The molecule has 1 aliphatic rings. The summed E-state index contributed by atoms with van der Waals surface area (Å²) in [4.78, 5) is 29.3. The molecular formula is C25H27NO6. The van der Waals surface area contributed by atoms with Gasteiger partial charge in [0.25, 0.3) is 5.79 Å². The molecule has 32 heavy (non-hydrogen) atoms. The van der Waals surface area contributed by atoms with Gasteiger partial charge in [0, 0.05) is 36.9 Å². The number of hydrogen-bond donors (Lipinski definition) is 1. The van der Waals surface area contributed by atoms with Crippen LogP contribution in [0.25, 0.3) is 10.9 Å². The molecule has 0 aliphatic carbocycles. The molecule has 2 heterocycles. The van der Waals surface area contributed by atoms with Crippen molar-refractivity contribution >= 4 is 22.8 Å². The summed E-state index contributed by atoms with van der Waals surface area (Å²) in [6.07, 6.45) is 1.83. The summed E-state index contributed by atoms with van der Waals surface area (Å²) in [7, 11) is 0. The minimum absolute atomic E-state index is 0.447. The molecule has 1 atom stereocenters. The van der Waals surface area contributed by atoms with Crippen LogP contribution in [0.4, 0.5) is 0 Å². The van der Waals surface area contributed by atoms with E-state index >= 15 is 0 Å². The fourth-order valence-corrected chi connectivity index (χ4v) is 4.16. The Balaban J connectivity index is 1.88. The fraction of sp³-hybridized carbons (Fsp3) is 0.360. The topological polar surface area (TPSA) is 86.9 Å². The second-order valence-corrected chi connectivity index (χ2v) is 8.06. The van der Waals surface area contributed by atoms with Crippen LogP contribution in [-0.2, 0) is 19.1 Å². The van der Waals surface area contributed by atoms with Crippen molar-refractivity contribution < 1.29 is 28.5 Å². The largest absolute Gasteiger partial charge is 0.490 e. The van der Waals surface area contributed by atoms with Gasteiger partial charge in [0.2, 0.25) is 0 Å². The van der Waals surface area contributed by atoms with Crippen LogP contribution in [0, 0.1) is 5.92 Å². The third-order valence-electron chi connectivity index (χ3n) is 5.42. The molecule has 0 unspecified atom stereocenters. The van der Waals surface area contributed by atoms with Crippen molar-refractivity contribution in [2.75, 3.05) is 13.2 Å². The van der Waals surface area contributed by atoms with Crippen LogP contribution >= 0.6 is 0 Å². The van der Waals surface area contributed by atoms with E-state index in [1.54, 1.807) is 19.9 Å². The SMILES string of the molecule is CCOc1ccc([C@@H](c2c[nH]c3ccccc23)C2C(=O)OC(C)(C)OC2=O)cc1OCC. The quantitative estimate of drug-likeness (QED) is 0.431. The molecule has 1 aliphatic heterocycles. The molecule has 0 bridgehead atoms. The highest BCUT2D eigenvalue weighted by atomic mass is 16.7. The molecule has 1 aromatic heterocycles. The Bertz CT molecular complexity index is 1130. The minimum atomic E-state index is -1.30. The number of carbonyl (C=O) groups excluding carboxylic acids is 2. The first-order valence-corrected chi connectivity index (χ1v) is 10.8. The van der Waals surface area contributed by atoms with Crippen LogP contribution in [0.15, 0.2) is 48.7 Å². The lowest BCUT2D eigenvalue weighted by molar-refractivity contribution is -0.240. The molecule has 7 nitrogen and oxygen atoms in total. The Morgan fingerprint density at radius 2 is 1.62 bits per heavy atom. The Morgan fingerprint density at radius 3 is 2.31 bits per heavy atom. The van der Waals surface area contributed by atoms with Gasteiger partial charge in [-0.15, -0.1) is 0 Å². The van der Waals surface area contributed by atoms with E-state index < -0.39 is 29.6 Å². The average molecular weight is 437 g/mol. The highest BCUT2D eigenvalue weighted by Gasteiger charge is 2.48. The number of aromatic amines is 1. The zero-order chi connectivity index (χ0) is 22.9. The monoisotopic (exact) mass is 437 g/mol. The van der Waals surface area contributed by atoms with Crippen molar-refractivity contribution in [1.82, 2.24) is 4.98 Å². The lowest BCUT2D eigenvalue weighted by atomic mass is 9.80. The number of hydrogen-bond acceptors (Lipinski definition) is 6. The number of H-pyrrole nitrogens is 1. The van der Waals surface area contributed by atoms with E-state index in [-0.39, 0.29) is 0 Å². The van der Waals surface area contributed by atoms with Crippen molar-refractivity contribution in [2.45, 2.75) is 39.4 Å². The number of carbonyl (C=O) groups is 2. The molecule has 4 rings (SSSR count). The zero-order valence-electron chi connectivity index (χ0n) is 18.6. The first-order chi connectivity index (χ1) is 15.3. The lowest BCUT2D eigenvalue weighted by Crippen LogP contribution is -2.48. The van der Waals surface area contributed by atoms with Gasteiger partial charge in [-0.05, 0) is 43.2 Å². The zero-order valence-corrected chi connectivity index (χ0v) is 18.6. The van der Waals surface area contributed by atoms with Gasteiger partial charge in [-0.1, -0.05) is 24.3 Å². The maximum absolute atomic E-state index is 13.1. The van der Waals surface area contributed by atoms with Crippen molar-refractivity contribution in [1.29, 1.82) is 0 Å². The molecular weight excluding hydrogens is 410 g/mol. The van der Waals surface area contributed by atoms with Crippen LogP contribution < -0.4 is 9.47 Å². The van der Waals surface area contributed by atoms with Crippen LogP contribution in [-0.4, -0.2) is 35.9 Å². The summed E-state index contributed by atoms with van der Waals surface area (Å²) in [5.41, 5.74) is 2.42. The predicted molar refractivity (Wildman–Crippen MR) is 119 cm³/mol. The Morgan fingerprint density at radius 1 is 0.969 bits per heavy atom. The van der Waals surface area contributed by atoms with E-state index in [4.69, 9.17) is 18.9 Å².